The van der Waals surface area contributed by atoms with E-state index in [2.05, 4.69) is 4.72 Å². The molecule has 0 amide bonds. The molecule has 0 aliphatic heterocycles. The van der Waals surface area contributed by atoms with Gasteiger partial charge in [-0.2, -0.15) is 4.72 Å². The van der Waals surface area contributed by atoms with E-state index >= 15 is 0 Å². The van der Waals surface area contributed by atoms with Crippen molar-refractivity contribution < 1.29 is 18.3 Å². The van der Waals surface area contributed by atoms with Gasteiger partial charge in [0.15, 0.2) is 0 Å². The van der Waals surface area contributed by atoms with Crippen molar-refractivity contribution in [2.45, 2.75) is 10.9 Å². The average Bonchev–Trinajstić information content (AvgIpc) is 2.60. The Morgan fingerprint density at radius 3 is 2.17 bits per heavy atom. The molecule has 1 atom stereocenters. The van der Waals surface area contributed by atoms with Crippen LogP contribution >= 0.6 is 0 Å². The molecule has 3 aromatic rings. The highest BCUT2D eigenvalue weighted by molar-refractivity contribution is 7.89. The van der Waals surface area contributed by atoms with Crippen molar-refractivity contribution in [2.75, 3.05) is 0 Å². The highest BCUT2D eigenvalue weighted by atomic mass is 32.2. The third kappa shape index (κ3) is 3.29. The number of carboxylic acid groups (broad SMARTS) is 1. The van der Waals surface area contributed by atoms with Crippen molar-refractivity contribution in [3.05, 3.63) is 78.4 Å². The van der Waals surface area contributed by atoms with Gasteiger partial charge in [0.1, 0.15) is 0 Å². The van der Waals surface area contributed by atoms with Crippen molar-refractivity contribution in [1.82, 2.24) is 4.72 Å². The van der Waals surface area contributed by atoms with Crippen LogP contribution in [0.3, 0.4) is 0 Å². The van der Waals surface area contributed by atoms with Crippen LogP contribution in [-0.2, 0) is 14.8 Å². The molecule has 6 heteroatoms. The second-order valence-electron chi connectivity index (χ2n) is 5.29. The van der Waals surface area contributed by atoms with E-state index in [9.17, 15) is 18.3 Å². The third-order valence-corrected chi connectivity index (χ3v) is 5.09. The minimum atomic E-state index is -4.01. The molecule has 0 radical (unpaired) electrons. The second-order valence-corrected chi connectivity index (χ2v) is 7.01. The minimum Gasteiger partial charge on any atom is -0.548 e. The summed E-state index contributed by atoms with van der Waals surface area (Å²) in [7, 11) is -4.01. The molecule has 122 valence electrons. The fourth-order valence-corrected chi connectivity index (χ4v) is 3.66. The van der Waals surface area contributed by atoms with Gasteiger partial charge in [0, 0.05) is 0 Å². The van der Waals surface area contributed by atoms with Crippen molar-refractivity contribution >= 4 is 26.8 Å². The number of aliphatic carboxylic acids is 1. The fraction of sp³-hybridized carbons (Fsp3) is 0.0556. The Labute approximate surface area is 139 Å². The molecule has 0 aromatic heterocycles. The van der Waals surface area contributed by atoms with Crippen LogP contribution in [0.25, 0.3) is 10.8 Å². The summed E-state index contributed by atoms with van der Waals surface area (Å²) in [5.41, 5.74) is 0.307. The Balaban J connectivity index is 1.97. The van der Waals surface area contributed by atoms with Crippen LogP contribution in [0.4, 0.5) is 0 Å². The number of nitrogens with one attached hydrogen (secondary N) is 1. The number of carbonyl (C=O) groups is 1. The fourth-order valence-electron chi connectivity index (χ4n) is 2.46. The summed E-state index contributed by atoms with van der Waals surface area (Å²) >= 11 is 0. The monoisotopic (exact) mass is 340 g/mol. The standard InChI is InChI=1S/C18H15NO4S/c20-18(21)17(14-7-2-1-3-8-14)19-24(22,23)16-11-10-13-6-4-5-9-15(13)12-16/h1-12,17,19H,(H,20,21)/p-1. The van der Waals surface area contributed by atoms with E-state index in [0.717, 1.165) is 10.8 Å². The van der Waals surface area contributed by atoms with Gasteiger partial charge in [-0.05, 0) is 28.5 Å². The number of fused-ring (bicyclic) bond motifs is 1. The summed E-state index contributed by atoms with van der Waals surface area (Å²) in [6, 6.07) is 18.6. The molecule has 0 aliphatic carbocycles. The summed E-state index contributed by atoms with van der Waals surface area (Å²) in [5.74, 6) is -1.51. The number of hydrogen-bond donors (Lipinski definition) is 1. The van der Waals surface area contributed by atoms with Crippen LogP contribution in [0.1, 0.15) is 11.6 Å². The van der Waals surface area contributed by atoms with E-state index in [1.165, 1.54) is 24.3 Å². The first-order valence-electron chi connectivity index (χ1n) is 7.24. The maximum atomic E-state index is 12.6. The summed E-state index contributed by atoms with van der Waals surface area (Å²) < 4.78 is 27.3. The van der Waals surface area contributed by atoms with Gasteiger partial charge in [-0.25, -0.2) is 8.42 Å². The summed E-state index contributed by atoms with van der Waals surface area (Å²) in [6.45, 7) is 0. The van der Waals surface area contributed by atoms with Crippen LogP contribution in [0.5, 0.6) is 0 Å². The summed E-state index contributed by atoms with van der Waals surface area (Å²) in [4.78, 5) is 11.4. The van der Waals surface area contributed by atoms with E-state index in [1.54, 1.807) is 36.4 Å². The van der Waals surface area contributed by atoms with Crippen LogP contribution in [-0.4, -0.2) is 14.4 Å². The Morgan fingerprint density at radius 2 is 1.50 bits per heavy atom. The van der Waals surface area contributed by atoms with E-state index in [0.29, 0.717) is 5.56 Å². The molecular weight excluding hydrogens is 326 g/mol. The number of hydrogen-bond acceptors (Lipinski definition) is 4. The van der Waals surface area contributed by atoms with E-state index in [4.69, 9.17) is 0 Å². The van der Waals surface area contributed by atoms with Crippen molar-refractivity contribution in [3.8, 4) is 0 Å². The normalized spacial score (nSPS) is 12.8. The Hall–Kier alpha value is -2.70. The largest absolute Gasteiger partial charge is 0.548 e. The lowest BCUT2D eigenvalue weighted by Crippen LogP contribution is -2.41. The first-order valence-corrected chi connectivity index (χ1v) is 8.73. The molecule has 0 saturated carbocycles. The van der Waals surface area contributed by atoms with Crippen molar-refractivity contribution in [2.24, 2.45) is 0 Å². The summed E-state index contributed by atoms with van der Waals surface area (Å²) in [5, 5.41) is 13.0. The van der Waals surface area contributed by atoms with Gasteiger partial charge in [-0.3, -0.25) is 0 Å². The van der Waals surface area contributed by atoms with Gasteiger partial charge in [0.05, 0.1) is 16.9 Å². The van der Waals surface area contributed by atoms with Crippen molar-refractivity contribution in [3.63, 3.8) is 0 Å². The highest BCUT2D eigenvalue weighted by Crippen LogP contribution is 2.21. The van der Waals surface area contributed by atoms with Gasteiger partial charge in [0.2, 0.25) is 10.0 Å². The number of carbonyl (C=O) groups excluding carboxylic acids is 1. The first-order chi connectivity index (χ1) is 11.5. The smallest absolute Gasteiger partial charge is 0.241 e. The van der Waals surface area contributed by atoms with Crippen LogP contribution in [0.15, 0.2) is 77.7 Å². The van der Waals surface area contributed by atoms with E-state index in [1.807, 2.05) is 12.1 Å². The molecule has 1 N–H and O–H groups in total. The molecule has 3 rings (SSSR count). The molecule has 5 nitrogen and oxygen atoms in total. The molecule has 0 spiro atoms. The molecule has 0 fully saturated rings. The predicted molar refractivity (Wildman–Crippen MR) is 88.5 cm³/mol. The van der Waals surface area contributed by atoms with Gasteiger partial charge in [-0.15, -0.1) is 0 Å². The second kappa shape index (κ2) is 6.43. The molecule has 0 bridgehead atoms. The zero-order chi connectivity index (χ0) is 17.2. The molecule has 3 aromatic carbocycles. The van der Waals surface area contributed by atoms with E-state index < -0.39 is 22.0 Å². The predicted octanol–water partition coefficient (Wildman–Crippen LogP) is 1.61. The number of sulfonamides is 1. The van der Waals surface area contributed by atoms with E-state index in [-0.39, 0.29) is 4.90 Å². The topological polar surface area (TPSA) is 86.3 Å². The van der Waals surface area contributed by atoms with Crippen LogP contribution < -0.4 is 9.83 Å². The third-order valence-electron chi connectivity index (χ3n) is 3.67. The van der Waals surface area contributed by atoms with Gasteiger partial charge < -0.3 is 9.90 Å². The van der Waals surface area contributed by atoms with Crippen LogP contribution in [0.2, 0.25) is 0 Å². The first kappa shape index (κ1) is 16.2. The molecule has 0 aliphatic rings. The molecule has 1 unspecified atom stereocenters. The summed E-state index contributed by atoms with van der Waals surface area (Å²) in [6.07, 6.45) is 0. The lowest BCUT2D eigenvalue weighted by atomic mass is 10.1. The quantitative estimate of drug-likeness (QED) is 0.764. The lowest BCUT2D eigenvalue weighted by Gasteiger charge is -2.20. The zero-order valence-electron chi connectivity index (χ0n) is 12.5. The Morgan fingerprint density at radius 1 is 0.875 bits per heavy atom. The molecule has 24 heavy (non-hydrogen) atoms. The highest BCUT2D eigenvalue weighted by Gasteiger charge is 2.22. The lowest BCUT2D eigenvalue weighted by molar-refractivity contribution is -0.308. The molecule has 0 heterocycles. The maximum absolute atomic E-state index is 12.6. The molecule has 0 saturated heterocycles. The number of rotatable bonds is 5. The van der Waals surface area contributed by atoms with Crippen LogP contribution in [0, 0.1) is 0 Å². The van der Waals surface area contributed by atoms with Gasteiger partial charge in [0.25, 0.3) is 0 Å². The molecular formula is C18H14NO4S-. The minimum absolute atomic E-state index is 0.00313. The van der Waals surface area contributed by atoms with Crippen molar-refractivity contribution in [1.29, 1.82) is 0 Å². The van der Waals surface area contributed by atoms with Gasteiger partial charge in [-0.1, -0.05) is 60.7 Å². The Kier molecular flexibility index (Phi) is 4.33. The van der Waals surface area contributed by atoms with Gasteiger partial charge >= 0.3 is 0 Å². The average molecular weight is 340 g/mol. The number of carboxylic acids is 1. The zero-order valence-corrected chi connectivity index (χ0v) is 13.4. The maximum Gasteiger partial charge on any atom is 0.241 e. The SMILES string of the molecule is O=C([O-])C(NS(=O)(=O)c1ccc2ccccc2c1)c1ccccc1. The number of benzene rings is 3. The Bertz CT molecular complexity index is 984.